The van der Waals surface area contributed by atoms with Crippen LogP contribution >= 0.6 is 0 Å². The summed E-state index contributed by atoms with van der Waals surface area (Å²) in [5.74, 6) is -0.0982. The topological polar surface area (TPSA) is 126 Å². The van der Waals surface area contributed by atoms with Crippen LogP contribution in [0.3, 0.4) is 0 Å². The molecule has 216 valence electrons. The zero-order valence-electron chi connectivity index (χ0n) is 21.0. The highest BCUT2D eigenvalue weighted by molar-refractivity contribution is 5.76. The van der Waals surface area contributed by atoms with E-state index in [0.29, 0.717) is 38.6 Å². The lowest BCUT2D eigenvalue weighted by Gasteiger charge is -2.34. The normalized spacial score (nSPS) is 16.2. The maximum atomic E-state index is 13.4. The van der Waals surface area contributed by atoms with Crippen molar-refractivity contribution in [1.29, 1.82) is 0 Å². The predicted molar refractivity (Wildman–Crippen MR) is 125 cm³/mol. The van der Waals surface area contributed by atoms with Crippen LogP contribution in [0.25, 0.3) is 0 Å². The minimum atomic E-state index is -4.92. The Kier molecular flexibility index (Phi) is 9.71. The maximum Gasteiger partial charge on any atom is 0.423 e. The fourth-order valence-electron chi connectivity index (χ4n) is 3.76. The summed E-state index contributed by atoms with van der Waals surface area (Å²) >= 11 is 0. The largest absolute Gasteiger partial charge is 0.423 e. The molecular formula is C22H27F6N7O4. The predicted octanol–water partition coefficient (Wildman–Crippen LogP) is 2.17. The van der Waals surface area contributed by atoms with E-state index in [2.05, 4.69) is 20.4 Å². The molecule has 3 rings (SSSR count). The molecule has 39 heavy (non-hydrogen) atoms. The number of rotatable bonds is 10. The highest BCUT2D eigenvalue weighted by Crippen LogP contribution is 2.32. The van der Waals surface area contributed by atoms with Crippen molar-refractivity contribution in [1.82, 2.24) is 25.1 Å². The number of carbonyl (C=O) groups excluding carboxylic acids is 1. The highest BCUT2D eigenvalue weighted by Gasteiger charge is 2.38. The second-order valence-corrected chi connectivity index (χ2v) is 8.64. The summed E-state index contributed by atoms with van der Waals surface area (Å²) in [6.07, 6.45) is -7.83. The molecule has 0 aromatic carbocycles. The molecule has 1 aliphatic heterocycles. The Morgan fingerprint density at radius 3 is 2.28 bits per heavy atom. The lowest BCUT2D eigenvalue weighted by Crippen LogP contribution is -2.49. The van der Waals surface area contributed by atoms with Crippen molar-refractivity contribution in [2.45, 2.75) is 37.8 Å². The van der Waals surface area contributed by atoms with Gasteiger partial charge in [-0.3, -0.25) is 9.59 Å². The standard InChI is InChI=1S/C22H27F6N7O4/c1-13(38-2)16(32-15-11-31-33-19(37)18(15)22(26,27)28)12-39-8-3-17(36)34-4-6-35(7-5-34)20-29-9-14(10-30-20)21(23,24)25/h9-11,13,16H,3-8,12H2,1-2H3,(H2,32,33,37)/t13?,16-/m1/s1. The Morgan fingerprint density at radius 2 is 1.72 bits per heavy atom. The average Bonchev–Trinajstić information content (AvgIpc) is 2.88. The van der Waals surface area contributed by atoms with E-state index < -0.39 is 46.9 Å². The molecule has 1 saturated heterocycles. The van der Waals surface area contributed by atoms with E-state index in [1.807, 2.05) is 0 Å². The Balaban J connectivity index is 1.48. The number of nitrogens with zero attached hydrogens (tertiary/aromatic N) is 5. The van der Waals surface area contributed by atoms with Crippen molar-refractivity contribution >= 4 is 17.5 Å². The van der Waals surface area contributed by atoms with Crippen LogP contribution in [-0.2, 0) is 26.6 Å². The molecule has 2 N–H and O–H groups in total. The molecular weight excluding hydrogens is 540 g/mol. The molecule has 1 fully saturated rings. The number of H-pyrrole nitrogens is 1. The lowest BCUT2D eigenvalue weighted by molar-refractivity contribution is -0.139. The Hall–Kier alpha value is -3.47. The number of alkyl halides is 6. The van der Waals surface area contributed by atoms with Gasteiger partial charge in [-0.1, -0.05) is 0 Å². The third-order valence-corrected chi connectivity index (χ3v) is 6.06. The van der Waals surface area contributed by atoms with E-state index >= 15 is 0 Å². The second-order valence-electron chi connectivity index (χ2n) is 8.64. The molecule has 3 heterocycles. The van der Waals surface area contributed by atoms with Gasteiger partial charge in [-0.15, -0.1) is 0 Å². The van der Waals surface area contributed by atoms with Gasteiger partial charge < -0.3 is 24.6 Å². The quantitative estimate of drug-likeness (QED) is 0.328. The third kappa shape index (κ3) is 8.01. The molecule has 11 nitrogen and oxygen atoms in total. The van der Waals surface area contributed by atoms with E-state index in [0.717, 1.165) is 6.20 Å². The van der Waals surface area contributed by atoms with E-state index in [1.165, 1.54) is 7.11 Å². The Labute approximate surface area is 218 Å². The SMILES string of the molecule is COC(C)[C@@H](COCCC(=O)N1CCN(c2ncc(C(F)(F)F)cn2)CC1)Nc1cn[nH]c(=O)c1C(F)(F)F. The number of aromatic amines is 1. The number of amides is 1. The van der Waals surface area contributed by atoms with Crippen molar-refractivity contribution in [2.75, 3.05) is 56.7 Å². The number of carbonyl (C=O) groups is 1. The third-order valence-electron chi connectivity index (χ3n) is 6.06. The summed E-state index contributed by atoms with van der Waals surface area (Å²) in [6, 6.07) is -0.804. The Morgan fingerprint density at radius 1 is 1.08 bits per heavy atom. The van der Waals surface area contributed by atoms with E-state index in [4.69, 9.17) is 9.47 Å². The number of aromatic nitrogens is 4. The van der Waals surface area contributed by atoms with Crippen molar-refractivity contribution in [2.24, 2.45) is 0 Å². The van der Waals surface area contributed by atoms with E-state index in [1.54, 1.807) is 21.8 Å². The van der Waals surface area contributed by atoms with Gasteiger partial charge in [-0.25, -0.2) is 15.1 Å². The average molecular weight is 567 g/mol. The molecule has 0 saturated carbocycles. The number of hydrogen-bond donors (Lipinski definition) is 2. The number of hydrogen-bond acceptors (Lipinski definition) is 9. The summed E-state index contributed by atoms with van der Waals surface area (Å²) in [4.78, 5) is 35.0. The van der Waals surface area contributed by atoms with Crippen molar-refractivity contribution in [3.05, 3.63) is 40.1 Å². The monoisotopic (exact) mass is 567 g/mol. The van der Waals surface area contributed by atoms with Gasteiger partial charge in [0.2, 0.25) is 11.9 Å². The van der Waals surface area contributed by atoms with Crippen LogP contribution in [-0.4, -0.2) is 89.6 Å². The summed E-state index contributed by atoms with van der Waals surface area (Å²) in [7, 11) is 1.36. The number of ether oxygens (including phenoxy) is 2. The van der Waals surface area contributed by atoms with E-state index in [9.17, 15) is 35.9 Å². The van der Waals surface area contributed by atoms with Crippen molar-refractivity contribution in [3.63, 3.8) is 0 Å². The molecule has 1 aliphatic rings. The first-order valence-electron chi connectivity index (χ1n) is 11.7. The van der Waals surface area contributed by atoms with Gasteiger partial charge in [0.15, 0.2) is 0 Å². The molecule has 1 unspecified atom stereocenters. The number of anilines is 2. The highest BCUT2D eigenvalue weighted by atomic mass is 19.4. The molecule has 0 radical (unpaired) electrons. The molecule has 1 amide bonds. The summed E-state index contributed by atoms with van der Waals surface area (Å²) in [6.45, 7) is 2.66. The molecule has 2 atom stereocenters. The lowest BCUT2D eigenvalue weighted by atomic mass is 10.1. The fourth-order valence-corrected chi connectivity index (χ4v) is 3.76. The fraction of sp³-hybridized carbons (Fsp3) is 0.591. The minimum Gasteiger partial charge on any atom is -0.380 e. The smallest absolute Gasteiger partial charge is 0.380 e. The minimum absolute atomic E-state index is 0.00871. The van der Waals surface area contributed by atoms with Gasteiger partial charge in [0.1, 0.15) is 5.56 Å². The summed E-state index contributed by atoms with van der Waals surface area (Å²) in [5, 5.41) is 7.78. The Bertz CT molecular complexity index is 1150. The van der Waals surface area contributed by atoms with Crippen LogP contribution in [0.15, 0.2) is 23.4 Å². The molecule has 2 aromatic rings. The van der Waals surface area contributed by atoms with Crippen LogP contribution in [0, 0.1) is 0 Å². The number of piperazine rings is 1. The second kappa shape index (κ2) is 12.6. The van der Waals surface area contributed by atoms with Gasteiger partial charge in [-0.2, -0.15) is 31.4 Å². The maximum absolute atomic E-state index is 13.4. The summed E-state index contributed by atoms with van der Waals surface area (Å²) in [5.41, 5.74) is -4.31. The van der Waals surface area contributed by atoms with Gasteiger partial charge in [0, 0.05) is 45.7 Å². The van der Waals surface area contributed by atoms with Gasteiger partial charge in [0.25, 0.3) is 5.56 Å². The van der Waals surface area contributed by atoms with Gasteiger partial charge >= 0.3 is 12.4 Å². The van der Waals surface area contributed by atoms with Crippen molar-refractivity contribution in [3.8, 4) is 0 Å². The van der Waals surface area contributed by atoms with Crippen LogP contribution < -0.4 is 15.8 Å². The summed E-state index contributed by atoms with van der Waals surface area (Å²) < 4.78 is 88.9. The number of halogens is 6. The number of nitrogens with one attached hydrogen (secondary N) is 2. The van der Waals surface area contributed by atoms with Crippen LogP contribution in [0.4, 0.5) is 38.0 Å². The van der Waals surface area contributed by atoms with Gasteiger partial charge in [0.05, 0.1) is 49.2 Å². The first-order chi connectivity index (χ1) is 18.3. The van der Waals surface area contributed by atoms with Crippen LogP contribution in [0.1, 0.15) is 24.5 Å². The van der Waals surface area contributed by atoms with Crippen molar-refractivity contribution < 1.29 is 40.6 Å². The van der Waals surface area contributed by atoms with Crippen LogP contribution in [0.2, 0.25) is 0 Å². The molecule has 2 aromatic heterocycles. The molecule has 0 aliphatic carbocycles. The van der Waals surface area contributed by atoms with Crippen LogP contribution in [0.5, 0.6) is 0 Å². The molecule has 17 heteroatoms. The van der Waals surface area contributed by atoms with Gasteiger partial charge in [-0.05, 0) is 6.92 Å². The first-order valence-corrected chi connectivity index (χ1v) is 11.7. The van der Waals surface area contributed by atoms with E-state index in [-0.39, 0.29) is 31.5 Å². The zero-order chi connectivity index (χ0) is 28.8. The first kappa shape index (κ1) is 30.1. The number of methoxy groups -OCH3 is 1. The molecule has 0 bridgehead atoms. The zero-order valence-corrected chi connectivity index (χ0v) is 21.0. The molecule has 0 spiro atoms.